The predicted molar refractivity (Wildman–Crippen MR) is 95.5 cm³/mol. The molecule has 0 bridgehead atoms. The molecule has 0 spiro atoms. The summed E-state index contributed by atoms with van der Waals surface area (Å²) >= 11 is 0. The van der Waals surface area contributed by atoms with Crippen molar-refractivity contribution in [1.29, 1.82) is 0 Å². The third-order valence-electron chi connectivity index (χ3n) is 5.23. The number of aromatic amines is 1. The summed E-state index contributed by atoms with van der Waals surface area (Å²) in [5.41, 5.74) is 1.34. The third kappa shape index (κ3) is 2.51. The minimum atomic E-state index is -1.05. The first-order valence-electron chi connectivity index (χ1n) is 8.78. The Kier molecular flexibility index (Phi) is 3.53. The van der Waals surface area contributed by atoms with E-state index in [2.05, 4.69) is 19.9 Å². The van der Waals surface area contributed by atoms with E-state index >= 15 is 0 Å². The van der Waals surface area contributed by atoms with Crippen molar-refractivity contribution in [2.75, 3.05) is 0 Å². The second-order valence-electron chi connectivity index (χ2n) is 6.86. The van der Waals surface area contributed by atoms with Crippen LogP contribution in [0.1, 0.15) is 36.6 Å². The van der Waals surface area contributed by atoms with E-state index in [1.54, 1.807) is 6.20 Å². The van der Waals surface area contributed by atoms with Gasteiger partial charge in [0, 0.05) is 17.4 Å². The number of nitrogens with one attached hydrogen (secondary N) is 1. The molecular weight excluding hydrogens is 352 g/mol. The zero-order valence-corrected chi connectivity index (χ0v) is 14.2. The second kappa shape index (κ2) is 5.94. The van der Waals surface area contributed by atoms with Gasteiger partial charge in [0.25, 0.3) is 0 Å². The van der Waals surface area contributed by atoms with Crippen molar-refractivity contribution < 1.29 is 8.78 Å². The molecule has 0 amide bonds. The van der Waals surface area contributed by atoms with Crippen molar-refractivity contribution in [3.8, 4) is 0 Å². The molecule has 0 atom stereocenters. The maximum atomic E-state index is 14.2. The summed E-state index contributed by atoms with van der Waals surface area (Å²) in [5, 5.41) is 0.462. The molecule has 1 aliphatic carbocycles. The Morgan fingerprint density at radius 1 is 1.26 bits per heavy atom. The number of benzene rings is 1. The van der Waals surface area contributed by atoms with Crippen LogP contribution in [0.25, 0.3) is 22.1 Å². The molecule has 3 aromatic heterocycles. The molecule has 1 aliphatic rings. The number of nitrogens with zero attached hydrogens (tertiary/aromatic N) is 4. The van der Waals surface area contributed by atoms with Crippen molar-refractivity contribution in [3.63, 3.8) is 0 Å². The topological polar surface area (TPSA) is 76.5 Å². The van der Waals surface area contributed by atoms with E-state index in [-0.39, 0.29) is 5.52 Å². The van der Waals surface area contributed by atoms with Crippen LogP contribution in [0.5, 0.6) is 0 Å². The molecule has 5 rings (SSSR count). The van der Waals surface area contributed by atoms with E-state index in [0.717, 1.165) is 31.2 Å². The summed E-state index contributed by atoms with van der Waals surface area (Å²) in [4.78, 5) is 27.5. The Morgan fingerprint density at radius 3 is 2.89 bits per heavy atom. The minimum absolute atomic E-state index is 0.123. The molecule has 8 heteroatoms. The number of rotatable bonds is 3. The van der Waals surface area contributed by atoms with Crippen LogP contribution in [-0.2, 0) is 6.54 Å². The molecule has 0 radical (unpaired) electrons. The summed E-state index contributed by atoms with van der Waals surface area (Å²) in [6.07, 6.45) is 6.36. The lowest BCUT2D eigenvalue weighted by Gasteiger charge is -2.25. The zero-order valence-electron chi connectivity index (χ0n) is 14.2. The van der Waals surface area contributed by atoms with E-state index in [4.69, 9.17) is 0 Å². The molecule has 4 aromatic rings. The minimum Gasteiger partial charge on any atom is -0.319 e. The largest absolute Gasteiger partial charge is 0.319 e. The van der Waals surface area contributed by atoms with Crippen LogP contribution >= 0.6 is 0 Å². The van der Waals surface area contributed by atoms with Gasteiger partial charge in [0.15, 0.2) is 17.3 Å². The average Bonchev–Trinajstić information content (AvgIpc) is 2.95. The Labute approximate surface area is 151 Å². The van der Waals surface area contributed by atoms with E-state index in [1.807, 2.05) is 4.57 Å². The van der Waals surface area contributed by atoms with Crippen molar-refractivity contribution >= 4 is 22.1 Å². The van der Waals surface area contributed by atoms with Crippen LogP contribution in [0.3, 0.4) is 0 Å². The molecular formula is C19H15F2N5O. The first-order valence-corrected chi connectivity index (χ1v) is 8.78. The van der Waals surface area contributed by atoms with E-state index in [1.165, 1.54) is 18.5 Å². The fraction of sp³-hybridized carbons (Fsp3) is 0.263. The number of hydrogen-bond acceptors (Lipinski definition) is 4. The SMILES string of the molecule is O=c1cc(Cn2c(C3CCC3)nc3cncnc32)c2ccc(F)c(F)c2[nH]1. The van der Waals surface area contributed by atoms with Gasteiger partial charge >= 0.3 is 0 Å². The van der Waals surface area contributed by atoms with Gasteiger partial charge in [-0.3, -0.25) is 4.79 Å². The van der Waals surface area contributed by atoms with Gasteiger partial charge in [-0.2, -0.15) is 0 Å². The Bertz CT molecular complexity index is 1240. The van der Waals surface area contributed by atoms with Gasteiger partial charge in [-0.25, -0.2) is 23.7 Å². The number of H-pyrrole nitrogens is 1. The van der Waals surface area contributed by atoms with Gasteiger partial charge in [-0.05, 0) is 30.5 Å². The molecule has 1 saturated carbocycles. The van der Waals surface area contributed by atoms with Gasteiger partial charge < -0.3 is 9.55 Å². The number of imidazole rings is 1. The van der Waals surface area contributed by atoms with E-state index in [9.17, 15) is 13.6 Å². The third-order valence-corrected chi connectivity index (χ3v) is 5.23. The lowest BCUT2D eigenvalue weighted by Crippen LogP contribution is -2.17. The van der Waals surface area contributed by atoms with Crippen molar-refractivity contribution in [2.24, 2.45) is 0 Å². The Hall–Kier alpha value is -3.16. The van der Waals surface area contributed by atoms with Gasteiger partial charge in [-0.15, -0.1) is 0 Å². The van der Waals surface area contributed by atoms with Crippen LogP contribution in [0.15, 0.2) is 35.5 Å². The molecule has 0 unspecified atom stereocenters. The maximum absolute atomic E-state index is 14.2. The smallest absolute Gasteiger partial charge is 0.248 e. The number of fused-ring (bicyclic) bond motifs is 2. The summed E-state index contributed by atoms with van der Waals surface area (Å²) < 4.78 is 29.7. The van der Waals surface area contributed by atoms with Gasteiger partial charge in [0.05, 0.1) is 18.3 Å². The van der Waals surface area contributed by atoms with Crippen LogP contribution in [-0.4, -0.2) is 24.5 Å². The van der Waals surface area contributed by atoms with Gasteiger partial charge in [0.1, 0.15) is 17.7 Å². The van der Waals surface area contributed by atoms with Crippen LogP contribution in [0, 0.1) is 11.6 Å². The van der Waals surface area contributed by atoms with Crippen LogP contribution < -0.4 is 5.56 Å². The lowest BCUT2D eigenvalue weighted by molar-refractivity contribution is 0.391. The molecule has 3 heterocycles. The normalized spacial score (nSPS) is 14.7. The monoisotopic (exact) mass is 367 g/mol. The maximum Gasteiger partial charge on any atom is 0.248 e. The van der Waals surface area contributed by atoms with E-state index < -0.39 is 17.2 Å². The fourth-order valence-corrected chi connectivity index (χ4v) is 3.67. The quantitative estimate of drug-likeness (QED) is 0.603. The molecule has 27 heavy (non-hydrogen) atoms. The molecule has 0 aliphatic heterocycles. The zero-order chi connectivity index (χ0) is 18.5. The first-order chi connectivity index (χ1) is 13.1. The fourth-order valence-electron chi connectivity index (χ4n) is 3.67. The average molecular weight is 367 g/mol. The predicted octanol–water partition coefficient (Wildman–Crippen LogP) is 3.26. The highest BCUT2D eigenvalue weighted by Gasteiger charge is 2.26. The van der Waals surface area contributed by atoms with Crippen molar-refractivity contribution in [3.05, 3.63) is 64.1 Å². The molecule has 1 N–H and O–H groups in total. The summed E-state index contributed by atoms with van der Waals surface area (Å²) in [5.74, 6) is -0.816. The van der Waals surface area contributed by atoms with Gasteiger partial charge in [0.2, 0.25) is 5.56 Å². The molecule has 6 nitrogen and oxygen atoms in total. The van der Waals surface area contributed by atoms with Gasteiger partial charge in [-0.1, -0.05) is 6.42 Å². The summed E-state index contributed by atoms with van der Waals surface area (Å²) in [6, 6.07) is 3.97. The Balaban J connectivity index is 1.72. The second-order valence-corrected chi connectivity index (χ2v) is 6.86. The van der Waals surface area contributed by atoms with Crippen LogP contribution in [0.4, 0.5) is 8.78 Å². The lowest BCUT2D eigenvalue weighted by atomic mass is 9.85. The standard InChI is InChI=1S/C19H15F2N5O/c20-13-5-4-12-11(6-15(27)25-17(12)16(13)21)8-26-18(10-2-1-3-10)24-14-7-22-9-23-19(14)26/h4-7,9-10H,1-3,8H2,(H,25,27). The summed E-state index contributed by atoms with van der Waals surface area (Å²) in [6.45, 7) is 0.296. The number of hydrogen-bond donors (Lipinski definition) is 1. The first kappa shape index (κ1) is 16.0. The van der Waals surface area contributed by atoms with E-state index in [0.29, 0.717) is 34.6 Å². The number of halogens is 2. The molecule has 1 aromatic carbocycles. The molecule has 0 saturated heterocycles. The summed E-state index contributed by atoms with van der Waals surface area (Å²) in [7, 11) is 0. The van der Waals surface area contributed by atoms with Crippen LogP contribution in [0.2, 0.25) is 0 Å². The van der Waals surface area contributed by atoms with Crippen molar-refractivity contribution in [2.45, 2.75) is 31.7 Å². The Morgan fingerprint density at radius 2 is 2.11 bits per heavy atom. The highest BCUT2D eigenvalue weighted by Crippen LogP contribution is 2.37. The highest BCUT2D eigenvalue weighted by molar-refractivity contribution is 5.83. The highest BCUT2D eigenvalue weighted by atomic mass is 19.2. The van der Waals surface area contributed by atoms with Crippen molar-refractivity contribution in [1.82, 2.24) is 24.5 Å². The number of pyridine rings is 1. The molecule has 1 fully saturated rings. The molecule has 136 valence electrons. The number of aromatic nitrogens is 5.